The highest BCUT2D eigenvalue weighted by Crippen LogP contribution is 2.26. The smallest absolute Gasteiger partial charge is 0.101 e. The molecule has 2 heterocycles. The van der Waals surface area contributed by atoms with E-state index in [-0.39, 0.29) is 0 Å². The van der Waals surface area contributed by atoms with Crippen LogP contribution in [0.4, 0.5) is 0 Å². The van der Waals surface area contributed by atoms with Gasteiger partial charge in [0.15, 0.2) is 0 Å². The molecule has 1 atom stereocenters. The van der Waals surface area contributed by atoms with Gasteiger partial charge in [-0.3, -0.25) is 9.97 Å². The van der Waals surface area contributed by atoms with E-state index in [2.05, 4.69) is 9.97 Å². The minimum Gasteiger partial charge on any atom is -0.386 e. The van der Waals surface area contributed by atoms with Crippen LogP contribution in [0.5, 0.6) is 0 Å². The number of aromatic nitrogens is 2. The summed E-state index contributed by atoms with van der Waals surface area (Å²) in [6, 6.07) is 13.3. The number of hydrogen-bond donors (Lipinski definition) is 1. The van der Waals surface area contributed by atoms with E-state index in [9.17, 15) is 5.11 Å². The lowest BCUT2D eigenvalue weighted by molar-refractivity contribution is 0.174. The molecule has 0 saturated carbocycles. The van der Waals surface area contributed by atoms with E-state index in [0.717, 1.165) is 16.5 Å². The molecule has 3 aromatic rings. The van der Waals surface area contributed by atoms with E-state index < -0.39 is 6.10 Å². The van der Waals surface area contributed by atoms with Crippen LogP contribution in [0.1, 0.15) is 17.4 Å². The van der Waals surface area contributed by atoms with Gasteiger partial charge in [0.25, 0.3) is 0 Å². The first-order valence-corrected chi connectivity index (χ1v) is 6.74. The predicted octanol–water partition coefficient (Wildman–Crippen LogP) is 3.56. The molecule has 4 heteroatoms. The van der Waals surface area contributed by atoms with Gasteiger partial charge in [0.1, 0.15) is 6.10 Å². The molecule has 0 radical (unpaired) electrons. The molecule has 1 unspecified atom stereocenters. The molecule has 3 rings (SSSR count). The Labute approximate surface area is 121 Å². The topological polar surface area (TPSA) is 46.0 Å². The van der Waals surface area contributed by atoms with Gasteiger partial charge < -0.3 is 5.11 Å². The van der Waals surface area contributed by atoms with E-state index in [1.54, 1.807) is 24.5 Å². The zero-order valence-electron chi connectivity index (χ0n) is 10.7. The zero-order valence-corrected chi connectivity index (χ0v) is 11.5. The maximum absolute atomic E-state index is 10.3. The molecule has 3 nitrogen and oxygen atoms in total. The second kappa shape index (κ2) is 5.57. The molecule has 0 spiro atoms. The number of hydrogen-bond acceptors (Lipinski definition) is 3. The van der Waals surface area contributed by atoms with Crippen LogP contribution in [0.3, 0.4) is 0 Å². The summed E-state index contributed by atoms with van der Waals surface area (Å²) in [5, 5.41) is 11.9. The summed E-state index contributed by atoms with van der Waals surface area (Å²) in [6.07, 6.45) is 3.12. The van der Waals surface area contributed by atoms with Gasteiger partial charge in [0.05, 0.1) is 16.2 Å². The Hall–Kier alpha value is -1.97. The van der Waals surface area contributed by atoms with Crippen molar-refractivity contribution in [3.05, 3.63) is 71.1 Å². The number of pyridine rings is 2. The molecular formula is C16H13ClN2O. The van der Waals surface area contributed by atoms with Crippen molar-refractivity contribution in [3.63, 3.8) is 0 Å². The van der Waals surface area contributed by atoms with Gasteiger partial charge in [-0.1, -0.05) is 29.8 Å². The number of benzene rings is 1. The lowest BCUT2D eigenvalue weighted by Gasteiger charge is -2.13. The summed E-state index contributed by atoms with van der Waals surface area (Å²) in [4.78, 5) is 8.47. The van der Waals surface area contributed by atoms with E-state index in [0.29, 0.717) is 17.1 Å². The molecule has 1 aromatic carbocycles. The maximum Gasteiger partial charge on any atom is 0.101 e. The fourth-order valence-corrected chi connectivity index (χ4v) is 2.53. The van der Waals surface area contributed by atoms with Crippen LogP contribution in [-0.2, 0) is 6.42 Å². The van der Waals surface area contributed by atoms with Gasteiger partial charge in [0.2, 0.25) is 0 Å². The third-order valence-corrected chi connectivity index (χ3v) is 3.57. The van der Waals surface area contributed by atoms with Crippen molar-refractivity contribution >= 4 is 22.5 Å². The number of aliphatic hydroxyl groups is 1. The fraction of sp³-hybridized carbons (Fsp3) is 0.125. The molecule has 0 aliphatic rings. The molecular weight excluding hydrogens is 272 g/mol. The Morgan fingerprint density at radius 1 is 1.00 bits per heavy atom. The van der Waals surface area contributed by atoms with E-state index in [4.69, 9.17) is 11.6 Å². The minimum absolute atomic E-state index is 0.458. The standard InChI is InChI=1S/C16H13ClN2O/c17-13-5-3-8-19-16(13)15(20)10-11-7-9-18-14-6-2-1-4-12(11)14/h1-9,15,20H,10H2. The number of aliphatic hydroxyl groups excluding tert-OH is 1. The van der Waals surface area contributed by atoms with E-state index >= 15 is 0 Å². The lowest BCUT2D eigenvalue weighted by atomic mass is 10.0. The van der Waals surface area contributed by atoms with E-state index in [1.165, 1.54) is 0 Å². The summed E-state index contributed by atoms with van der Waals surface area (Å²) in [7, 11) is 0. The van der Waals surface area contributed by atoms with Gasteiger partial charge >= 0.3 is 0 Å². The molecule has 1 N–H and O–H groups in total. The number of fused-ring (bicyclic) bond motifs is 1. The molecule has 0 aliphatic carbocycles. The van der Waals surface area contributed by atoms with Crippen LogP contribution in [0.15, 0.2) is 54.9 Å². The summed E-state index contributed by atoms with van der Waals surface area (Å²) in [5.41, 5.74) is 2.46. The van der Waals surface area contributed by atoms with Crippen molar-refractivity contribution in [1.29, 1.82) is 0 Å². The highest BCUT2D eigenvalue weighted by molar-refractivity contribution is 6.31. The monoisotopic (exact) mass is 284 g/mol. The number of rotatable bonds is 3. The van der Waals surface area contributed by atoms with Crippen molar-refractivity contribution in [2.75, 3.05) is 0 Å². The average Bonchev–Trinajstić information content (AvgIpc) is 2.48. The largest absolute Gasteiger partial charge is 0.386 e. The second-order valence-electron chi connectivity index (χ2n) is 4.58. The second-order valence-corrected chi connectivity index (χ2v) is 4.98. The summed E-state index contributed by atoms with van der Waals surface area (Å²) in [5.74, 6) is 0. The molecule has 0 amide bonds. The van der Waals surface area contributed by atoms with Crippen molar-refractivity contribution in [2.45, 2.75) is 12.5 Å². The molecule has 0 fully saturated rings. The molecule has 0 bridgehead atoms. The Balaban J connectivity index is 1.96. The number of para-hydroxylation sites is 1. The van der Waals surface area contributed by atoms with Crippen molar-refractivity contribution in [2.24, 2.45) is 0 Å². The van der Waals surface area contributed by atoms with Crippen LogP contribution in [0.2, 0.25) is 5.02 Å². The Kier molecular flexibility index (Phi) is 3.63. The van der Waals surface area contributed by atoms with Crippen molar-refractivity contribution in [1.82, 2.24) is 9.97 Å². The predicted molar refractivity (Wildman–Crippen MR) is 79.7 cm³/mol. The van der Waals surface area contributed by atoms with Gasteiger partial charge in [-0.05, 0) is 29.8 Å². The fourth-order valence-electron chi connectivity index (χ4n) is 2.28. The Morgan fingerprint density at radius 2 is 1.85 bits per heavy atom. The Bertz CT molecular complexity index is 740. The molecule has 2 aromatic heterocycles. The van der Waals surface area contributed by atoms with Crippen LogP contribution in [-0.4, -0.2) is 15.1 Å². The van der Waals surface area contributed by atoms with Gasteiger partial charge in [-0.25, -0.2) is 0 Å². The molecule has 0 saturated heterocycles. The maximum atomic E-state index is 10.3. The zero-order chi connectivity index (χ0) is 13.9. The molecule has 0 aliphatic heterocycles. The molecule has 100 valence electrons. The summed E-state index contributed by atoms with van der Waals surface area (Å²) in [6.45, 7) is 0. The first-order chi connectivity index (χ1) is 9.75. The number of halogens is 1. The van der Waals surface area contributed by atoms with Gasteiger partial charge in [-0.2, -0.15) is 0 Å². The van der Waals surface area contributed by atoms with Crippen LogP contribution in [0.25, 0.3) is 10.9 Å². The van der Waals surface area contributed by atoms with Gasteiger partial charge in [-0.15, -0.1) is 0 Å². The quantitative estimate of drug-likeness (QED) is 0.800. The number of nitrogens with zero attached hydrogens (tertiary/aromatic N) is 2. The first kappa shape index (κ1) is 13.0. The third kappa shape index (κ3) is 2.50. The normalized spacial score (nSPS) is 12.5. The summed E-state index contributed by atoms with van der Waals surface area (Å²) < 4.78 is 0. The van der Waals surface area contributed by atoms with E-state index in [1.807, 2.05) is 30.3 Å². The average molecular weight is 285 g/mol. The Morgan fingerprint density at radius 3 is 2.70 bits per heavy atom. The highest BCUT2D eigenvalue weighted by Gasteiger charge is 2.14. The van der Waals surface area contributed by atoms with Crippen LogP contribution < -0.4 is 0 Å². The lowest BCUT2D eigenvalue weighted by Crippen LogP contribution is -2.05. The third-order valence-electron chi connectivity index (χ3n) is 3.26. The SMILES string of the molecule is OC(Cc1ccnc2ccccc12)c1ncccc1Cl. The van der Waals surface area contributed by atoms with Crippen LogP contribution >= 0.6 is 11.6 Å². The van der Waals surface area contributed by atoms with Crippen LogP contribution in [0, 0.1) is 0 Å². The first-order valence-electron chi connectivity index (χ1n) is 6.37. The summed E-state index contributed by atoms with van der Waals surface area (Å²) >= 11 is 6.07. The van der Waals surface area contributed by atoms with Crippen molar-refractivity contribution in [3.8, 4) is 0 Å². The minimum atomic E-state index is -0.727. The highest BCUT2D eigenvalue weighted by atomic mass is 35.5. The van der Waals surface area contributed by atoms with Gasteiger partial charge in [0, 0.05) is 24.2 Å². The molecule has 20 heavy (non-hydrogen) atoms. The van der Waals surface area contributed by atoms with Crippen molar-refractivity contribution < 1.29 is 5.11 Å².